The van der Waals surface area contributed by atoms with Gasteiger partial charge in [0, 0.05) is 24.0 Å². The van der Waals surface area contributed by atoms with Crippen LogP contribution in [0.2, 0.25) is 5.02 Å². The zero-order chi connectivity index (χ0) is 22.8. The summed E-state index contributed by atoms with van der Waals surface area (Å²) >= 11 is 6.11. The summed E-state index contributed by atoms with van der Waals surface area (Å²) in [6.45, 7) is 0.0855. The Hall–Kier alpha value is -3.84. The first-order valence-electron chi connectivity index (χ1n) is 9.71. The number of phenols is 1. The quantitative estimate of drug-likeness (QED) is 0.345. The Kier molecular flexibility index (Phi) is 5.83. The standard InChI is InChI=1S/C24H19ClN2O5/c1-32-19-8-7-16(25)11-18(19)22(29)20-21(15-5-2-6-17(28)10-15)27(24(31)23(20)30)13-14-4-3-9-26-12-14/h2-12,21,28-29H,13H2,1H3/b22-20+. The predicted octanol–water partition coefficient (Wildman–Crippen LogP) is 4.07. The fourth-order valence-corrected chi connectivity index (χ4v) is 3.96. The minimum absolute atomic E-state index is 0.0326. The van der Waals surface area contributed by atoms with Crippen molar-refractivity contribution in [3.8, 4) is 11.5 Å². The number of methoxy groups -OCH3 is 1. The van der Waals surface area contributed by atoms with Crippen molar-refractivity contribution in [3.63, 3.8) is 0 Å². The lowest BCUT2D eigenvalue weighted by Gasteiger charge is -2.25. The molecule has 162 valence electrons. The molecular weight excluding hydrogens is 432 g/mol. The van der Waals surface area contributed by atoms with Crippen LogP contribution < -0.4 is 4.74 Å². The number of aromatic hydroxyl groups is 1. The second-order valence-electron chi connectivity index (χ2n) is 7.23. The van der Waals surface area contributed by atoms with Crippen LogP contribution in [0.4, 0.5) is 0 Å². The Bertz CT molecular complexity index is 1230. The number of carbonyl (C=O) groups excluding carboxylic acids is 2. The number of amides is 1. The summed E-state index contributed by atoms with van der Waals surface area (Å²) in [5.74, 6) is -1.77. The Morgan fingerprint density at radius 3 is 2.66 bits per heavy atom. The van der Waals surface area contributed by atoms with E-state index >= 15 is 0 Å². The topological polar surface area (TPSA) is 100.0 Å². The molecule has 0 spiro atoms. The summed E-state index contributed by atoms with van der Waals surface area (Å²) in [6, 6.07) is 13.4. The summed E-state index contributed by atoms with van der Waals surface area (Å²) in [7, 11) is 1.42. The molecule has 2 heterocycles. The number of benzene rings is 2. The summed E-state index contributed by atoms with van der Waals surface area (Å²) in [5.41, 5.74) is 1.24. The number of hydrogen-bond donors (Lipinski definition) is 2. The Balaban J connectivity index is 1.92. The van der Waals surface area contributed by atoms with E-state index in [1.165, 1.54) is 30.2 Å². The molecule has 1 aliphatic rings. The van der Waals surface area contributed by atoms with Gasteiger partial charge in [0.15, 0.2) is 0 Å². The monoisotopic (exact) mass is 450 g/mol. The summed E-state index contributed by atoms with van der Waals surface area (Å²) < 4.78 is 5.31. The molecule has 32 heavy (non-hydrogen) atoms. The number of aliphatic hydroxyl groups is 1. The molecule has 0 radical (unpaired) electrons. The van der Waals surface area contributed by atoms with Crippen molar-refractivity contribution in [1.29, 1.82) is 0 Å². The number of rotatable bonds is 5. The molecule has 3 aromatic rings. The van der Waals surface area contributed by atoms with Crippen molar-refractivity contribution in [3.05, 3.63) is 94.3 Å². The van der Waals surface area contributed by atoms with Crippen LogP contribution in [0.3, 0.4) is 0 Å². The van der Waals surface area contributed by atoms with Gasteiger partial charge in [-0.25, -0.2) is 0 Å². The maximum atomic E-state index is 13.1. The van der Waals surface area contributed by atoms with Crippen LogP contribution in [0.1, 0.15) is 22.7 Å². The van der Waals surface area contributed by atoms with Crippen molar-refractivity contribution in [2.24, 2.45) is 0 Å². The van der Waals surface area contributed by atoms with E-state index in [-0.39, 0.29) is 23.4 Å². The van der Waals surface area contributed by atoms with E-state index in [0.29, 0.717) is 21.9 Å². The minimum atomic E-state index is -0.939. The average molecular weight is 451 g/mol. The Morgan fingerprint density at radius 2 is 1.97 bits per heavy atom. The van der Waals surface area contributed by atoms with Gasteiger partial charge in [0.05, 0.1) is 24.3 Å². The van der Waals surface area contributed by atoms with E-state index in [1.807, 2.05) is 0 Å². The number of aromatic nitrogens is 1. The third-order valence-electron chi connectivity index (χ3n) is 5.22. The first kappa shape index (κ1) is 21.4. The maximum absolute atomic E-state index is 13.1. The fraction of sp³-hybridized carbons (Fsp3) is 0.125. The molecule has 1 saturated heterocycles. The minimum Gasteiger partial charge on any atom is -0.508 e. The van der Waals surface area contributed by atoms with Crippen LogP contribution in [0.25, 0.3) is 5.76 Å². The average Bonchev–Trinajstić information content (AvgIpc) is 3.04. The second kappa shape index (κ2) is 8.72. The molecule has 0 aliphatic carbocycles. The van der Waals surface area contributed by atoms with Gasteiger partial charge >= 0.3 is 0 Å². The molecule has 1 unspecified atom stereocenters. The van der Waals surface area contributed by atoms with E-state index < -0.39 is 23.5 Å². The van der Waals surface area contributed by atoms with Gasteiger partial charge in [0.25, 0.3) is 11.7 Å². The number of carbonyl (C=O) groups is 2. The SMILES string of the molecule is COc1ccc(Cl)cc1/C(O)=C1\C(=O)C(=O)N(Cc2cccnc2)C1c1cccc(O)c1. The van der Waals surface area contributed by atoms with Crippen LogP contribution in [-0.2, 0) is 16.1 Å². The number of phenolic OH excluding ortho intramolecular Hbond substituents is 1. The number of likely N-dealkylation sites (tertiary alicyclic amines) is 1. The highest BCUT2D eigenvalue weighted by atomic mass is 35.5. The maximum Gasteiger partial charge on any atom is 0.295 e. The van der Waals surface area contributed by atoms with Gasteiger partial charge in [-0.15, -0.1) is 0 Å². The Labute approximate surface area is 189 Å². The number of ether oxygens (including phenoxy) is 1. The van der Waals surface area contributed by atoms with Crippen LogP contribution in [0, 0.1) is 0 Å². The molecule has 1 fully saturated rings. The molecule has 1 atom stereocenters. The van der Waals surface area contributed by atoms with E-state index in [1.54, 1.807) is 48.8 Å². The zero-order valence-electron chi connectivity index (χ0n) is 17.0. The molecule has 0 bridgehead atoms. The van der Waals surface area contributed by atoms with Crippen molar-refractivity contribution in [2.75, 3.05) is 7.11 Å². The van der Waals surface area contributed by atoms with Crippen LogP contribution in [-0.4, -0.2) is 38.9 Å². The van der Waals surface area contributed by atoms with Gasteiger partial charge in [0.1, 0.15) is 17.3 Å². The molecule has 7 nitrogen and oxygen atoms in total. The molecule has 8 heteroatoms. The predicted molar refractivity (Wildman–Crippen MR) is 118 cm³/mol. The first-order valence-corrected chi connectivity index (χ1v) is 10.1. The molecular formula is C24H19ClN2O5. The van der Waals surface area contributed by atoms with E-state index in [2.05, 4.69) is 4.98 Å². The van der Waals surface area contributed by atoms with Gasteiger partial charge in [-0.05, 0) is 47.5 Å². The number of ketones is 1. The van der Waals surface area contributed by atoms with Crippen LogP contribution >= 0.6 is 11.6 Å². The lowest BCUT2D eigenvalue weighted by atomic mass is 9.94. The van der Waals surface area contributed by atoms with Crippen molar-refractivity contribution in [2.45, 2.75) is 12.6 Å². The number of pyridine rings is 1. The van der Waals surface area contributed by atoms with E-state index in [9.17, 15) is 19.8 Å². The summed E-state index contributed by atoms with van der Waals surface area (Å²) in [6.07, 6.45) is 3.20. The van der Waals surface area contributed by atoms with Gasteiger partial charge in [-0.3, -0.25) is 14.6 Å². The van der Waals surface area contributed by atoms with Gasteiger partial charge in [-0.1, -0.05) is 29.8 Å². The zero-order valence-corrected chi connectivity index (χ0v) is 17.8. The highest BCUT2D eigenvalue weighted by Gasteiger charge is 2.46. The van der Waals surface area contributed by atoms with Crippen LogP contribution in [0.15, 0.2) is 72.6 Å². The molecule has 2 aromatic carbocycles. The van der Waals surface area contributed by atoms with Crippen LogP contribution in [0.5, 0.6) is 11.5 Å². The van der Waals surface area contributed by atoms with Gasteiger partial charge in [0.2, 0.25) is 0 Å². The van der Waals surface area contributed by atoms with Gasteiger partial charge in [-0.2, -0.15) is 0 Å². The van der Waals surface area contributed by atoms with E-state index in [4.69, 9.17) is 16.3 Å². The molecule has 1 amide bonds. The first-order chi connectivity index (χ1) is 15.4. The summed E-state index contributed by atoms with van der Waals surface area (Å²) in [5, 5.41) is 21.5. The number of hydrogen-bond acceptors (Lipinski definition) is 6. The lowest BCUT2D eigenvalue weighted by molar-refractivity contribution is -0.140. The second-order valence-corrected chi connectivity index (χ2v) is 7.66. The lowest BCUT2D eigenvalue weighted by Crippen LogP contribution is -2.29. The molecule has 1 aromatic heterocycles. The smallest absolute Gasteiger partial charge is 0.295 e. The van der Waals surface area contributed by atoms with Crippen molar-refractivity contribution >= 4 is 29.1 Å². The highest BCUT2D eigenvalue weighted by Crippen LogP contribution is 2.42. The summed E-state index contributed by atoms with van der Waals surface area (Å²) in [4.78, 5) is 31.6. The van der Waals surface area contributed by atoms with Gasteiger partial charge < -0.3 is 19.8 Å². The third-order valence-corrected chi connectivity index (χ3v) is 5.45. The number of nitrogens with zero attached hydrogens (tertiary/aromatic N) is 2. The number of Topliss-reactive ketones (excluding diaryl/α,β-unsaturated/α-hetero) is 1. The Morgan fingerprint density at radius 1 is 1.16 bits per heavy atom. The third kappa shape index (κ3) is 3.90. The molecule has 4 rings (SSSR count). The highest BCUT2D eigenvalue weighted by molar-refractivity contribution is 6.46. The molecule has 2 N–H and O–H groups in total. The van der Waals surface area contributed by atoms with Crippen molar-refractivity contribution < 1.29 is 24.5 Å². The normalized spacial score (nSPS) is 17.6. The molecule has 1 aliphatic heterocycles. The molecule has 0 saturated carbocycles. The van der Waals surface area contributed by atoms with Crippen molar-refractivity contribution in [1.82, 2.24) is 9.88 Å². The van der Waals surface area contributed by atoms with E-state index in [0.717, 1.165) is 0 Å². The largest absolute Gasteiger partial charge is 0.508 e. The number of halogens is 1. The number of aliphatic hydroxyl groups excluding tert-OH is 1. The fourth-order valence-electron chi connectivity index (χ4n) is 3.78.